The number of Topliss-reactive ketones (excluding diaryl/α,β-unsaturated/α-hetero) is 1. The number of aromatic nitrogens is 1. The predicted octanol–water partition coefficient (Wildman–Crippen LogP) is 4.72. The smallest absolute Gasteiger partial charge is 0.339 e. The Hall–Kier alpha value is -3.01. The summed E-state index contributed by atoms with van der Waals surface area (Å²) in [4.78, 5) is 30.2. The highest BCUT2D eigenvalue weighted by Crippen LogP contribution is 2.29. The van der Waals surface area contributed by atoms with Crippen LogP contribution in [-0.2, 0) is 24.0 Å². The van der Waals surface area contributed by atoms with Crippen LogP contribution in [0.4, 0.5) is 0 Å². The minimum atomic E-state index is -0.435. The molecule has 1 aliphatic carbocycles. The van der Waals surface area contributed by atoms with Crippen LogP contribution in [0, 0.1) is 0 Å². The van der Waals surface area contributed by atoms with Crippen LogP contribution in [0.25, 0.3) is 10.9 Å². The standard InChI is InChI=1S/C24H23NO3/c1-2-16-11-13-17(14-12-16)22(26)15-28-24(27)23-18-7-3-5-9-20(18)25-21-10-6-4-8-19(21)23/h3,5,7,9,11-14H,2,4,6,8,10,15H2,1H3. The van der Waals surface area contributed by atoms with E-state index in [1.54, 1.807) is 12.1 Å². The zero-order valence-corrected chi connectivity index (χ0v) is 16.0. The summed E-state index contributed by atoms with van der Waals surface area (Å²) in [6.45, 7) is 1.81. The van der Waals surface area contributed by atoms with Crippen molar-refractivity contribution in [2.75, 3.05) is 6.61 Å². The molecule has 0 aliphatic heterocycles. The zero-order valence-electron chi connectivity index (χ0n) is 16.0. The summed E-state index contributed by atoms with van der Waals surface area (Å²) in [6.07, 6.45) is 4.74. The van der Waals surface area contributed by atoms with E-state index in [4.69, 9.17) is 9.72 Å². The summed E-state index contributed by atoms with van der Waals surface area (Å²) in [5.74, 6) is -0.626. The van der Waals surface area contributed by atoms with Crippen LogP contribution in [0.15, 0.2) is 48.5 Å². The third-order valence-corrected chi connectivity index (χ3v) is 5.39. The van der Waals surface area contributed by atoms with Crippen molar-refractivity contribution < 1.29 is 14.3 Å². The fourth-order valence-corrected chi connectivity index (χ4v) is 3.82. The van der Waals surface area contributed by atoms with Crippen molar-refractivity contribution in [1.29, 1.82) is 0 Å². The lowest BCUT2D eigenvalue weighted by Gasteiger charge is -2.19. The number of hydrogen-bond acceptors (Lipinski definition) is 4. The van der Waals surface area contributed by atoms with Gasteiger partial charge < -0.3 is 4.74 Å². The molecule has 0 saturated heterocycles. The molecule has 1 aromatic heterocycles. The molecule has 142 valence electrons. The van der Waals surface area contributed by atoms with E-state index in [-0.39, 0.29) is 12.4 Å². The van der Waals surface area contributed by atoms with Gasteiger partial charge >= 0.3 is 5.97 Å². The highest BCUT2D eigenvalue weighted by molar-refractivity contribution is 6.06. The lowest BCUT2D eigenvalue weighted by molar-refractivity contribution is 0.0475. The zero-order chi connectivity index (χ0) is 19.5. The third-order valence-electron chi connectivity index (χ3n) is 5.39. The summed E-state index contributed by atoms with van der Waals surface area (Å²) >= 11 is 0. The van der Waals surface area contributed by atoms with Crippen LogP contribution >= 0.6 is 0 Å². The Kier molecular flexibility index (Phi) is 5.20. The van der Waals surface area contributed by atoms with E-state index >= 15 is 0 Å². The number of fused-ring (bicyclic) bond motifs is 2. The average molecular weight is 373 g/mol. The summed E-state index contributed by atoms with van der Waals surface area (Å²) in [6, 6.07) is 15.1. The Bertz CT molecular complexity index is 1040. The molecule has 0 N–H and O–H groups in total. The molecule has 4 nitrogen and oxygen atoms in total. The molecule has 3 aromatic rings. The number of carbonyl (C=O) groups is 2. The van der Waals surface area contributed by atoms with Crippen molar-refractivity contribution in [1.82, 2.24) is 4.98 Å². The number of ether oxygens (including phenoxy) is 1. The van der Waals surface area contributed by atoms with Crippen molar-refractivity contribution >= 4 is 22.7 Å². The van der Waals surface area contributed by atoms with Gasteiger partial charge in [-0.1, -0.05) is 49.4 Å². The predicted molar refractivity (Wildman–Crippen MR) is 109 cm³/mol. The van der Waals surface area contributed by atoms with Crippen molar-refractivity contribution in [2.24, 2.45) is 0 Å². The van der Waals surface area contributed by atoms with E-state index in [0.29, 0.717) is 11.1 Å². The molecule has 28 heavy (non-hydrogen) atoms. The second-order valence-electron chi connectivity index (χ2n) is 7.19. The van der Waals surface area contributed by atoms with Crippen LogP contribution in [0.1, 0.15) is 57.3 Å². The first-order chi connectivity index (χ1) is 13.7. The molecule has 0 spiro atoms. The van der Waals surface area contributed by atoms with Gasteiger partial charge in [-0.2, -0.15) is 0 Å². The number of pyridine rings is 1. The Morgan fingerprint density at radius 1 is 1.00 bits per heavy atom. The lowest BCUT2D eigenvalue weighted by atomic mass is 9.90. The highest BCUT2D eigenvalue weighted by atomic mass is 16.5. The molecule has 0 amide bonds. The molecule has 1 aliphatic rings. The van der Waals surface area contributed by atoms with Crippen molar-refractivity contribution in [3.05, 3.63) is 76.5 Å². The Morgan fingerprint density at radius 3 is 2.54 bits per heavy atom. The first-order valence-corrected chi connectivity index (χ1v) is 9.87. The van der Waals surface area contributed by atoms with E-state index in [1.807, 2.05) is 36.4 Å². The fourth-order valence-electron chi connectivity index (χ4n) is 3.82. The number of hydrogen-bond donors (Lipinski definition) is 0. The van der Waals surface area contributed by atoms with E-state index in [0.717, 1.165) is 54.3 Å². The maximum Gasteiger partial charge on any atom is 0.339 e. The SMILES string of the molecule is CCc1ccc(C(=O)COC(=O)c2c3c(nc4ccccc24)CCCC3)cc1. The summed E-state index contributed by atoms with van der Waals surface area (Å²) in [5.41, 5.74) is 5.08. The summed E-state index contributed by atoms with van der Waals surface area (Å²) in [7, 11) is 0. The van der Waals surface area contributed by atoms with Gasteiger partial charge in [0, 0.05) is 16.6 Å². The number of rotatable bonds is 5. The first kappa shape index (κ1) is 18.4. The number of para-hydroxylation sites is 1. The highest BCUT2D eigenvalue weighted by Gasteiger charge is 2.24. The Balaban J connectivity index is 1.59. The van der Waals surface area contributed by atoms with Crippen molar-refractivity contribution in [3.8, 4) is 0 Å². The molecule has 0 unspecified atom stereocenters. The molecule has 0 atom stereocenters. The average Bonchev–Trinajstić information content (AvgIpc) is 2.75. The van der Waals surface area contributed by atoms with Gasteiger partial charge in [0.05, 0.1) is 11.1 Å². The van der Waals surface area contributed by atoms with Crippen LogP contribution in [0.2, 0.25) is 0 Å². The molecule has 0 bridgehead atoms. The number of nitrogens with zero attached hydrogens (tertiary/aromatic N) is 1. The Morgan fingerprint density at radius 2 is 1.75 bits per heavy atom. The summed E-state index contributed by atoms with van der Waals surface area (Å²) < 4.78 is 5.46. The van der Waals surface area contributed by atoms with Gasteiger partial charge in [0.15, 0.2) is 12.4 Å². The van der Waals surface area contributed by atoms with Crippen molar-refractivity contribution in [3.63, 3.8) is 0 Å². The molecule has 4 rings (SSSR count). The normalized spacial score (nSPS) is 13.2. The molecule has 4 heteroatoms. The molecule has 1 heterocycles. The molecule has 0 radical (unpaired) electrons. The quantitative estimate of drug-likeness (QED) is 0.480. The number of aryl methyl sites for hydroxylation is 2. The molecule has 2 aromatic carbocycles. The monoisotopic (exact) mass is 373 g/mol. The van der Waals surface area contributed by atoms with Crippen molar-refractivity contribution in [2.45, 2.75) is 39.0 Å². The number of benzene rings is 2. The number of carbonyl (C=O) groups excluding carboxylic acids is 2. The summed E-state index contributed by atoms with van der Waals surface area (Å²) in [5, 5.41) is 0.799. The van der Waals surface area contributed by atoms with Gasteiger partial charge in [-0.3, -0.25) is 9.78 Å². The van der Waals surface area contributed by atoms with E-state index < -0.39 is 5.97 Å². The minimum absolute atomic E-state index is 0.191. The van der Waals surface area contributed by atoms with E-state index in [2.05, 4.69) is 6.92 Å². The minimum Gasteiger partial charge on any atom is -0.454 e. The van der Waals surface area contributed by atoms with E-state index in [9.17, 15) is 9.59 Å². The maximum atomic E-state index is 13.0. The largest absolute Gasteiger partial charge is 0.454 e. The van der Waals surface area contributed by atoms with Crippen LogP contribution in [0.5, 0.6) is 0 Å². The van der Waals surface area contributed by atoms with Gasteiger partial charge in [-0.15, -0.1) is 0 Å². The first-order valence-electron chi connectivity index (χ1n) is 9.87. The fraction of sp³-hybridized carbons (Fsp3) is 0.292. The van der Waals surface area contributed by atoms with Gasteiger partial charge in [-0.05, 0) is 49.3 Å². The van der Waals surface area contributed by atoms with Gasteiger partial charge in [0.1, 0.15) is 0 Å². The van der Waals surface area contributed by atoms with E-state index in [1.165, 1.54) is 5.56 Å². The molecular weight excluding hydrogens is 350 g/mol. The molecule has 0 saturated carbocycles. The van der Waals surface area contributed by atoms with Crippen LogP contribution < -0.4 is 0 Å². The number of ketones is 1. The molecule has 0 fully saturated rings. The van der Waals surface area contributed by atoms with Crippen LogP contribution in [-0.4, -0.2) is 23.3 Å². The van der Waals surface area contributed by atoms with Gasteiger partial charge in [-0.25, -0.2) is 4.79 Å². The lowest BCUT2D eigenvalue weighted by Crippen LogP contribution is -2.18. The third kappa shape index (κ3) is 3.55. The second kappa shape index (κ2) is 7.93. The van der Waals surface area contributed by atoms with Crippen LogP contribution in [0.3, 0.4) is 0 Å². The van der Waals surface area contributed by atoms with Gasteiger partial charge in [0.25, 0.3) is 0 Å². The topological polar surface area (TPSA) is 56.3 Å². The number of esters is 1. The Labute approximate surface area is 164 Å². The second-order valence-corrected chi connectivity index (χ2v) is 7.19. The van der Waals surface area contributed by atoms with Gasteiger partial charge in [0.2, 0.25) is 0 Å². The maximum absolute atomic E-state index is 13.0. The molecular formula is C24H23NO3.